The standard InChI is InChI=1S/C9H11NO7S2/c1-18(14,15)5-19(16,17)10-6-2-3-8(11)7(4-6)9(12)13/h2-4,10-11H,5H2,1H3,(H,12,13). The first-order chi connectivity index (χ1) is 8.50. The van der Waals surface area contributed by atoms with Gasteiger partial charge >= 0.3 is 5.97 Å². The number of sulfonamides is 1. The summed E-state index contributed by atoms with van der Waals surface area (Å²) in [7, 11) is -7.91. The third kappa shape index (κ3) is 4.75. The van der Waals surface area contributed by atoms with Crippen LogP contribution in [0.1, 0.15) is 10.4 Å². The van der Waals surface area contributed by atoms with Crippen LogP contribution in [0.3, 0.4) is 0 Å². The lowest BCUT2D eigenvalue weighted by Gasteiger charge is -2.08. The summed E-state index contributed by atoms with van der Waals surface area (Å²) in [6.45, 7) is 0. The van der Waals surface area contributed by atoms with E-state index in [2.05, 4.69) is 0 Å². The number of hydrogen-bond donors (Lipinski definition) is 3. The molecular weight excluding hydrogens is 298 g/mol. The minimum atomic E-state index is -4.16. The molecule has 0 fully saturated rings. The van der Waals surface area contributed by atoms with Gasteiger partial charge in [-0.25, -0.2) is 21.6 Å². The molecule has 8 nitrogen and oxygen atoms in total. The summed E-state index contributed by atoms with van der Waals surface area (Å²) < 4.78 is 46.7. The second kappa shape index (κ2) is 5.05. The Hall–Kier alpha value is -1.81. The number of carboxylic acid groups (broad SMARTS) is 1. The number of aromatic carboxylic acids is 1. The molecule has 19 heavy (non-hydrogen) atoms. The van der Waals surface area contributed by atoms with Crippen LogP contribution in [-0.4, -0.2) is 44.4 Å². The van der Waals surface area contributed by atoms with Crippen molar-refractivity contribution in [1.82, 2.24) is 0 Å². The Morgan fingerprint density at radius 2 is 1.84 bits per heavy atom. The summed E-state index contributed by atoms with van der Waals surface area (Å²) in [5, 5.41) is 16.9. The van der Waals surface area contributed by atoms with Gasteiger partial charge in [-0.1, -0.05) is 0 Å². The molecule has 0 spiro atoms. The zero-order chi connectivity index (χ0) is 14.8. The normalized spacial score (nSPS) is 12.1. The summed E-state index contributed by atoms with van der Waals surface area (Å²) in [5.74, 6) is -1.97. The second-order valence-corrected chi connectivity index (χ2v) is 8.03. The molecule has 0 saturated heterocycles. The summed E-state index contributed by atoms with van der Waals surface area (Å²) in [5.41, 5.74) is -0.654. The lowest BCUT2D eigenvalue weighted by Crippen LogP contribution is -2.22. The van der Waals surface area contributed by atoms with Crippen LogP contribution in [0.4, 0.5) is 5.69 Å². The fraction of sp³-hybridized carbons (Fsp3) is 0.222. The van der Waals surface area contributed by atoms with E-state index in [0.29, 0.717) is 0 Å². The van der Waals surface area contributed by atoms with Gasteiger partial charge in [-0.15, -0.1) is 0 Å². The number of hydrogen-bond acceptors (Lipinski definition) is 6. The van der Waals surface area contributed by atoms with Gasteiger partial charge in [0.1, 0.15) is 11.3 Å². The first kappa shape index (κ1) is 15.2. The van der Waals surface area contributed by atoms with Gasteiger partial charge in [0, 0.05) is 11.9 Å². The third-order valence-corrected chi connectivity index (χ3v) is 5.37. The van der Waals surface area contributed by atoms with Crippen LogP contribution >= 0.6 is 0 Å². The van der Waals surface area contributed by atoms with E-state index in [1.807, 2.05) is 4.72 Å². The van der Waals surface area contributed by atoms with E-state index in [0.717, 1.165) is 24.5 Å². The third-order valence-electron chi connectivity index (χ3n) is 1.87. The summed E-state index contributed by atoms with van der Waals surface area (Å²) in [6, 6.07) is 2.99. The first-order valence-corrected chi connectivity index (χ1v) is 8.46. The smallest absolute Gasteiger partial charge is 0.339 e. The Balaban J connectivity index is 3.07. The average Bonchev–Trinajstić information content (AvgIpc) is 2.16. The molecule has 0 heterocycles. The van der Waals surface area contributed by atoms with Crippen molar-refractivity contribution in [1.29, 1.82) is 0 Å². The molecule has 0 aliphatic heterocycles. The Bertz CT molecular complexity index is 706. The van der Waals surface area contributed by atoms with Gasteiger partial charge in [0.15, 0.2) is 14.9 Å². The minimum absolute atomic E-state index is 0.154. The fourth-order valence-electron chi connectivity index (χ4n) is 1.26. The maximum absolute atomic E-state index is 11.5. The number of rotatable bonds is 5. The largest absolute Gasteiger partial charge is 0.507 e. The molecule has 1 rings (SSSR count). The van der Waals surface area contributed by atoms with Crippen molar-refractivity contribution in [2.24, 2.45) is 0 Å². The van der Waals surface area contributed by atoms with Crippen LogP contribution in [0.25, 0.3) is 0 Å². The van der Waals surface area contributed by atoms with Gasteiger partial charge in [0.25, 0.3) is 0 Å². The number of aromatic hydroxyl groups is 1. The quantitative estimate of drug-likeness (QED) is 0.642. The Morgan fingerprint density at radius 3 is 2.32 bits per heavy atom. The van der Waals surface area contributed by atoms with Crippen LogP contribution in [0.5, 0.6) is 5.75 Å². The number of anilines is 1. The van der Waals surface area contributed by atoms with Gasteiger partial charge in [0.2, 0.25) is 10.0 Å². The van der Waals surface area contributed by atoms with Crippen molar-refractivity contribution in [2.75, 3.05) is 16.1 Å². The predicted molar refractivity (Wildman–Crippen MR) is 67.3 cm³/mol. The van der Waals surface area contributed by atoms with E-state index in [4.69, 9.17) is 5.11 Å². The molecule has 0 unspecified atom stereocenters. The molecule has 0 aromatic heterocycles. The number of phenols is 1. The summed E-state index contributed by atoms with van der Waals surface area (Å²) in [4.78, 5) is 10.7. The average molecular weight is 309 g/mol. The van der Waals surface area contributed by atoms with Crippen molar-refractivity contribution in [3.05, 3.63) is 23.8 Å². The van der Waals surface area contributed by atoms with E-state index >= 15 is 0 Å². The zero-order valence-electron chi connectivity index (χ0n) is 9.69. The summed E-state index contributed by atoms with van der Waals surface area (Å²) >= 11 is 0. The lowest BCUT2D eigenvalue weighted by atomic mass is 10.2. The molecule has 1 aromatic carbocycles. The highest BCUT2D eigenvalue weighted by Gasteiger charge is 2.19. The Morgan fingerprint density at radius 1 is 1.26 bits per heavy atom. The van der Waals surface area contributed by atoms with Gasteiger partial charge in [-0.2, -0.15) is 0 Å². The first-order valence-electron chi connectivity index (χ1n) is 4.75. The molecule has 0 aliphatic rings. The molecule has 1 aromatic rings. The van der Waals surface area contributed by atoms with Crippen LogP contribution in [-0.2, 0) is 19.9 Å². The van der Waals surface area contributed by atoms with Gasteiger partial charge in [-0.3, -0.25) is 4.72 Å². The van der Waals surface area contributed by atoms with Crippen molar-refractivity contribution in [3.8, 4) is 5.75 Å². The van der Waals surface area contributed by atoms with E-state index in [9.17, 15) is 26.7 Å². The molecule has 0 aliphatic carbocycles. The monoisotopic (exact) mass is 309 g/mol. The highest BCUT2D eigenvalue weighted by atomic mass is 32.3. The van der Waals surface area contributed by atoms with Crippen molar-refractivity contribution >= 4 is 31.5 Å². The number of nitrogens with one attached hydrogen (secondary N) is 1. The van der Waals surface area contributed by atoms with E-state index in [1.54, 1.807) is 0 Å². The number of carboxylic acids is 1. The van der Waals surface area contributed by atoms with Gasteiger partial charge < -0.3 is 10.2 Å². The fourth-order valence-corrected chi connectivity index (χ4v) is 4.24. The second-order valence-electron chi connectivity index (χ2n) is 3.80. The molecule has 0 bridgehead atoms. The van der Waals surface area contributed by atoms with Crippen LogP contribution in [0, 0.1) is 0 Å². The molecule has 106 valence electrons. The molecular formula is C9H11NO7S2. The van der Waals surface area contributed by atoms with E-state index in [-0.39, 0.29) is 5.69 Å². The van der Waals surface area contributed by atoms with Crippen LogP contribution < -0.4 is 4.72 Å². The number of carbonyl (C=O) groups is 1. The highest BCUT2D eigenvalue weighted by Crippen LogP contribution is 2.22. The topological polar surface area (TPSA) is 138 Å². The molecule has 0 radical (unpaired) electrons. The van der Waals surface area contributed by atoms with Gasteiger partial charge in [0.05, 0.1) is 0 Å². The predicted octanol–water partition coefficient (Wildman–Crippen LogP) is -0.166. The minimum Gasteiger partial charge on any atom is -0.507 e. The van der Waals surface area contributed by atoms with Crippen molar-refractivity contribution in [2.45, 2.75) is 0 Å². The molecule has 10 heteroatoms. The van der Waals surface area contributed by atoms with Gasteiger partial charge in [-0.05, 0) is 18.2 Å². The number of benzene rings is 1. The maximum Gasteiger partial charge on any atom is 0.339 e. The highest BCUT2D eigenvalue weighted by molar-refractivity contribution is 8.08. The van der Waals surface area contributed by atoms with Crippen molar-refractivity contribution < 1.29 is 31.8 Å². The zero-order valence-corrected chi connectivity index (χ0v) is 11.3. The Kier molecular flexibility index (Phi) is 4.06. The number of sulfone groups is 1. The van der Waals surface area contributed by atoms with E-state index in [1.165, 1.54) is 0 Å². The Labute approximate surface area is 109 Å². The lowest BCUT2D eigenvalue weighted by molar-refractivity contribution is 0.0693. The van der Waals surface area contributed by atoms with E-state index < -0.39 is 42.2 Å². The summed E-state index contributed by atoms with van der Waals surface area (Å²) in [6.07, 6.45) is 0.756. The SMILES string of the molecule is CS(=O)(=O)CS(=O)(=O)Nc1ccc(O)c(C(=O)O)c1. The molecule has 0 saturated carbocycles. The van der Waals surface area contributed by atoms with Crippen LogP contribution in [0.15, 0.2) is 18.2 Å². The van der Waals surface area contributed by atoms with Crippen molar-refractivity contribution in [3.63, 3.8) is 0 Å². The molecule has 3 N–H and O–H groups in total. The maximum atomic E-state index is 11.5. The molecule has 0 atom stereocenters. The van der Waals surface area contributed by atoms with Crippen LogP contribution in [0.2, 0.25) is 0 Å². The molecule has 0 amide bonds.